The molecule has 2 aromatic carbocycles. The molecule has 7 heteroatoms. The minimum Gasteiger partial charge on any atom is -0.497 e. The van der Waals surface area contributed by atoms with Gasteiger partial charge in [0.15, 0.2) is 9.84 Å². The molecule has 1 amide bonds. The summed E-state index contributed by atoms with van der Waals surface area (Å²) in [5, 5.41) is 3.61. The molecule has 0 bridgehead atoms. The Morgan fingerprint density at radius 2 is 1.89 bits per heavy atom. The number of rotatable bonds is 4. The van der Waals surface area contributed by atoms with Crippen molar-refractivity contribution in [3.8, 4) is 17.0 Å². The number of hydrogen-bond donors (Lipinski definition) is 1. The van der Waals surface area contributed by atoms with Crippen molar-refractivity contribution >= 4 is 26.6 Å². The number of benzene rings is 2. The highest BCUT2D eigenvalue weighted by Gasteiger charge is 2.29. The molecule has 0 unspecified atom stereocenters. The van der Waals surface area contributed by atoms with E-state index >= 15 is 0 Å². The average molecular weight is 396 g/mol. The Hall–Kier alpha value is -2.93. The van der Waals surface area contributed by atoms with Crippen LogP contribution in [0.15, 0.2) is 54.6 Å². The number of carbonyl (C=O) groups excluding carboxylic acids is 1. The normalized spacial score (nSPS) is 18.1. The van der Waals surface area contributed by atoms with Crippen LogP contribution < -0.4 is 10.1 Å². The number of hydrogen-bond acceptors (Lipinski definition) is 5. The Bertz CT molecular complexity index is 1140. The number of nitrogens with one attached hydrogen (secondary N) is 1. The van der Waals surface area contributed by atoms with Gasteiger partial charge >= 0.3 is 0 Å². The van der Waals surface area contributed by atoms with E-state index in [2.05, 4.69) is 10.3 Å². The molecule has 1 saturated heterocycles. The summed E-state index contributed by atoms with van der Waals surface area (Å²) in [4.78, 5) is 17.6. The molecule has 6 nitrogen and oxygen atoms in total. The van der Waals surface area contributed by atoms with Crippen LogP contribution in [-0.4, -0.2) is 44.0 Å². The number of carbonyl (C=O) groups is 1. The molecule has 0 saturated carbocycles. The molecule has 144 valence electrons. The lowest BCUT2D eigenvalue weighted by atomic mass is 10.0. The third kappa shape index (κ3) is 3.71. The van der Waals surface area contributed by atoms with E-state index in [4.69, 9.17) is 4.74 Å². The Balaban J connectivity index is 1.72. The monoisotopic (exact) mass is 396 g/mol. The molecule has 0 spiro atoms. The molecule has 1 aliphatic rings. The van der Waals surface area contributed by atoms with Crippen LogP contribution in [-0.2, 0) is 9.84 Å². The lowest BCUT2D eigenvalue weighted by molar-refractivity contribution is 0.0943. The van der Waals surface area contributed by atoms with Crippen LogP contribution in [0.5, 0.6) is 5.75 Å². The zero-order chi connectivity index (χ0) is 19.7. The molecule has 0 radical (unpaired) electrons. The highest BCUT2D eigenvalue weighted by molar-refractivity contribution is 7.91. The van der Waals surface area contributed by atoms with E-state index in [1.165, 1.54) is 0 Å². The summed E-state index contributed by atoms with van der Waals surface area (Å²) in [6.45, 7) is 0. The second-order valence-corrected chi connectivity index (χ2v) is 9.10. The number of sulfone groups is 1. The first-order valence-corrected chi connectivity index (χ1v) is 10.8. The maximum absolute atomic E-state index is 13.0. The summed E-state index contributed by atoms with van der Waals surface area (Å²) in [5.41, 5.74) is 2.73. The first-order valence-electron chi connectivity index (χ1n) is 9.01. The van der Waals surface area contributed by atoms with Gasteiger partial charge in [-0.15, -0.1) is 0 Å². The molecule has 1 N–H and O–H groups in total. The van der Waals surface area contributed by atoms with Crippen molar-refractivity contribution in [1.82, 2.24) is 10.3 Å². The van der Waals surface area contributed by atoms with E-state index < -0.39 is 9.84 Å². The van der Waals surface area contributed by atoms with E-state index in [0.29, 0.717) is 23.2 Å². The fourth-order valence-electron chi connectivity index (χ4n) is 3.44. The summed E-state index contributed by atoms with van der Waals surface area (Å²) in [6.07, 6.45) is 0.447. The number of para-hydroxylation sites is 1. The number of nitrogens with zero attached hydrogens (tertiary/aromatic N) is 1. The summed E-state index contributed by atoms with van der Waals surface area (Å²) in [7, 11) is -1.46. The molecule has 0 aliphatic carbocycles. The summed E-state index contributed by atoms with van der Waals surface area (Å²) in [5.74, 6) is 0.569. The molecule has 3 aromatic rings. The predicted molar refractivity (Wildman–Crippen MR) is 108 cm³/mol. The lowest BCUT2D eigenvalue weighted by Gasteiger charge is -2.14. The van der Waals surface area contributed by atoms with Gasteiger partial charge in [0.05, 0.1) is 35.4 Å². The van der Waals surface area contributed by atoms with Crippen LogP contribution in [0.4, 0.5) is 0 Å². The molecular weight excluding hydrogens is 376 g/mol. The third-order valence-corrected chi connectivity index (χ3v) is 6.68. The molecule has 28 heavy (non-hydrogen) atoms. The van der Waals surface area contributed by atoms with Crippen LogP contribution in [0.2, 0.25) is 0 Å². The van der Waals surface area contributed by atoms with Gasteiger partial charge in [0.2, 0.25) is 0 Å². The predicted octanol–water partition coefficient (Wildman–Crippen LogP) is 2.83. The van der Waals surface area contributed by atoms with Gasteiger partial charge in [-0.1, -0.05) is 18.2 Å². The van der Waals surface area contributed by atoms with E-state index in [-0.39, 0.29) is 23.5 Å². The maximum Gasteiger partial charge on any atom is 0.252 e. The number of fused-ring (bicyclic) bond motifs is 1. The molecule has 2 heterocycles. The molecule has 4 rings (SSSR count). The molecule has 1 fully saturated rings. The zero-order valence-corrected chi connectivity index (χ0v) is 16.2. The van der Waals surface area contributed by atoms with Crippen molar-refractivity contribution in [3.05, 3.63) is 60.2 Å². The SMILES string of the molecule is COc1ccc(-c2cc(C(=O)N[C@@H]3CCS(=O)(=O)C3)c3ccccc3n2)cc1. The van der Waals surface area contributed by atoms with Crippen LogP contribution >= 0.6 is 0 Å². The number of amides is 1. The highest BCUT2D eigenvalue weighted by atomic mass is 32.2. The topological polar surface area (TPSA) is 85.4 Å². The van der Waals surface area contributed by atoms with Gasteiger partial charge in [0, 0.05) is 17.0 Å². The Morgan fingerprint density at radius 3 is 2.57 bits per heavy atom. The van der Waals surface area contributed by atoms with Crippen LogP contribution in [0.1, 0.15) is 16.8 Å². The summed E-state index contributed by atoms with van der Waals surface area (Å²) in [6, 6.07) is 16.3. The molecule has 1 atom stereocenters. The van der Waals surface area contributed by atoms with E-state index in [9.17, 15) is 13.2 Å². The summed E-state index contributed by atoms with van der Waals surface area (Å²) >= 11 is 0. The van der Waals surface area contributed by atoms with Gasteiger partial charge < -0.3 is 10.1 Å². The van der Waals surface area contributed by atoms with Gasteiger partial charge in [-0.05, 0) is 42.8 Å². The largest absolute Gasteiger partial charge is 0.497 e. The zero-order valence-electron chi connectivity index (χ0n) is 15.4. The quantitative estimate of drug-likeness (QED) is 0.733. The third-order valence-electron chi connectivity index (χ3n) is 4.91. The maximum atomic E-state index is 13.0. The van der Waals surface area contributed by atoms with Crippen LogP contribution in [0, 0.1) is 0 Å². The second kappa shape index (κ2) is 7.24. The van der Waals surface area contributed by atoms with Crippen molar-refractivity contribution < 1.29 is 17.9 Å². The smallest absolute Gasteiger partial charge is 0.252 e. The van der Waals surface area contributed by atoms with E-state index in [1.807, 2.05) is 48.5 Å². The second-order valence-electron chi connectivity index (χ2n) is 6.87. The van der Waals surface area contributed by atoms with Crippen molar-refractivity contribution in [2.75, 3.05) is 18.6 Å². The van der Waals surface area contributed by atoms with Gasteiger partial charge in [-0.2, -0.15) is 0 Å². The van der Waals surface area contributed by atoms with Crippen LogP contribution in [0.3, 0.4) is 0 Å². The Labute approximate surface area is 163 Å². The van der Waals surface area contributed by atoms with Crippen molar-refractivity contribution in [2.45, 2.75) is 12.5 Å². The minimum atomic E-state index is -3.06. The first kappa shape index (κ1) is 18.4. The fraction of sp³-hybridized carbons (Fsp3) is 0.238. The average Bonchev–Trinajstić information content (AvgIpc) is 3.05. The Morgan fingerprint density at radius 1 is 1.14 bits per heavy atom. The van der Waals surface area contributed by atoms with Crippen LogP contribution in [0.25, 0.3) is 22.2 Å². The van der Waals surface area contributed by atoms with Gasteiger partial charge in [0.1, 0.15) is 5.75 Å². The standard InChI is InChI=1S/C21H20N2O4S/c1-27-16-8-6-14(7-9-16)20-12-18(17-4-2-3-5-19(17)23-20)21(24)22-15-10-11-28(25,26)13-15/h2-9,12,15H,10-11,13H2,1H3,(H,22,24)/t15-/m1/s1. The van der Waals surface area contributed by atoms with Crippen molar-refractivity contribution in [2.24, 2.45) is 0 Å². The van der Waals surface area contributed by atoms with Gasteiger partial charge in [-0.3, -0.25) is 4.79 Å². The number of methoxy groups -OCH3 is 1. The van der Waals surface area contributed by atoms with E-state index in [1.54, 1.807) is 13.2 Å². The molecular formula is C21H20N2O4S. The lowest BCUT2D eigenvalue weighted by Crippen LogP contribution is -2.35. The Kier molecular flexibility index (Phi) is 4.77. The fourth-order valence-corrected chi connectivity index (χ4v) is 5.12. The molecule has 1 aliphatic heterocycles. The number of ether oxygens (including phenoxy) is 1. The first-order chi connectivity index (χ1) is 13.4. The molecule has 1 aromatic heterocycles. The minimum absolute atomic E-state index is 0.00685. The van der Waals surface area contributed by atoms with Crippen molar-refractivity contribution in [1.29, 1.82) is 0 Å². The van der Waals surface area contributed by atoms with Gasteiger partial charge in [-0.25, -0.2) is 13.4 Å². The van der Waals surface area contributed by atoms with Crippen molar-refractivity contribution in [3.63, 3.8) is 0 Å². The number of aromatic nitrogens is 1. The number of pyridine rings is 1. The summed E-state index contributed by atoms with van der Waals surface area (Å²) < 4.78 is 28.6. The van der Waals surface area contributed by atoms with Gasteiger partial charge in [0.25, 0.3) is 5.91 Å². The van der Waals surface area contributed by atoms with E-state index in [0.717, 1.165) is 16.7 Å². The highest BCUT2D eigenvalue weighted by Crippen LogP contribution is 2.26.